The van der Waals surface area contributed by atoms with Gasteiger partial charge in [-0.1, -0.05) is 30.4 Å². The number of methoxy groups -OCH3 is 1. The van der Waals surface area contributed by atoms with Crippen molar-refractivity contribution in [1.82, 2.24) is 10.2 Å². The van der Waals surface area contributed by atoms with E-state index in [9.17, 15) is 14.4 Å². The highest BCUT2D eigenvalue weighted by molar-refractivity contribution is 8.26. The molecule has 3 fully saturated rings. The Morgan fingerprint density at radius 2 is 2.00 bits per heavy atom. The van der Waals surface area contributed by atoms with Crippen molar-refractivity contribution < 1.29 is 33.1 Å². The second-order valence-electron chi connectivity index (χ2n) is 9.70. The highest BCUT2D eigenvalue weighted by Gasteiger charge is 2.48. The van der Waals surface area contributed by atoms with Gasteiger partial charge in [-0.15, -0.1) is 0 Å². The Balaban J connectivity index is 0.00000112. The van der Waals surface area contributed by atoms with Gasteiger partial charge in [0.25, 0.3) is 11.8 Å². The van der Waals surface area contributed by atoms with Gasteiger partial charge >= 0.3 is 6.15 Å². The standard InChI is InChI=1S/C27H28N2O5S2.CO2/c1-15(30)9-10-28-25(31)20-13-18(5-7-23(20)33-2)22-8-6-19(34-22)14-24-26(32)29(27(35)36-24)21-12-16-3-4-17(21)11-16;2-1-3/h5-8,13-14,16-17,21H,3-4,9-12H2,1-2H3,(H,28,31);/b24-14-;. The summed E-state index contributed by atoms with van der Waals surface area (Å²) in [5.41, 5.74) is 1.05. The highest BCUT2D eigenvalue weighted by atomic mass is 32.2. The third-order valence-corrected chi connectivity index (χ3v) is 8.58. The van der Waals surface area contributed by atoms with Crippen molar-refractivity contribution in [3.63, 3.8) is 0 Å². The van der Waals surface area contributed by atoms with E-state index in [-0.39, 0.29) is 42.8 Å². The van der Waals surface area contributed by atoms with Gasteiger partial charge in [0.15, 0.2) is 0 Å². The van der Waals surface area contributed by atoms with Crippen molar-refractivity contribution in [2.45, 2.75) is 45.1 Å². The summed E-state index contributed by atoms with van der Waals surface area (Å²) in [6, 6.07) is 9.05. The third kappa shape index (κ3) is 6.38. The van der Waals surface area contributed by atoms with E-state index in [0.29, 0.717) is 43.5 Å². The molecule has 0 spiro atoms. The molecule has 1 saturated heterocycles. The number of rotatable bonds is 8. The molecule has 2 amide bonds. The van der Waals surface area contributed by atoms with Gasteiger partial charge in [0, 0.05) is 30.6 Å². The predicted octanol–water partition coefficient (Wildman–Crippen LogP) is 4.47. The number of Topliss-reactive ketones (excluding diaryl/α,β-unsaturated/α-hetero) is 1. The van der Waals surface area contributed by atoms with Crippen molar-refractivity contribution in [1.29, 1.82) is 0 Å². The minimum absolute atomic E-state index is 0.00603. The fourth-order valence-corrected chi connectivity index (χ4v) is 6.85. The molecule has 2 aliphatic carbocycles. The predicted molar refractivity (Wildman–Crippen MR) is 148 cm³/mol. The first kappa shape index (κ1) is 28.5. The second kappa shape index (κ2) is 12.5. The number of carbonyl (C=O) groups is 3. The zero-order chi connectivity index (χ0) is 28.1. The second-order valence-corrected chi connectivity index (χ2v) is 11.4. The number of amides is 2. The molecular formula is C28H28N2O7S2. The van der Waals surface area contributed by atoms with Gasteiger partial charge in [0.2, 0.25) is 0 Å². The van der Waals surface area contributed by atoms with Crippen molar-refractivity contribution in [3.8, 4) is 17.1 Å². The molecule has 1 aromatic heterocycles. The number of hydrogen-bond donors (Lipinski definition) is 1. The molecule has 3 aliphatic rings. The van der Waals surface area contributed by atoms with E-state index in [1.807, 2.05) is 17.0 Å². The van der Waals surface area contributed by atoms with Crippen molar-refractivity contribution >= 4 is 58.1 Å². The number of nitrogens with one attached hydrogen (secondary N) is 1. The lowest BCUT2D eigenvalue weighted by Crippen LogP contribution is -2.41. The van der Waals surface area contributed by atoms with E-state index in [0.717, 1.165) is 12.3 Å². The number of thiocarbonyl (C=S) groups is 1. The Bertz CT molecular complexity index is 1360. The average molecular weight is 569 g/mol. The van der Waals surface area contributed by atoms with E-state index < -0.39 is 0 Å². The fraction of sp³-hybridized carbons (Fsp3) is 0.393. The number of carbonyl (C=O) groups excluding carboxylic acids is 5. The van der Waals surface area contributed by atoms with Gasteiger partial charge in [-0.2, -0.15) is 9.59 Å². The van der Waals surface area contributed by atoms with Crippen LogP contribution in [-0.2, 0) is 19.2 Å². The first-order valence-corrected chi connectivity index (χ1v) is 13.8. The monoisotopic (exact) mass is 568 g/mol. The highest BCUT2D eigenvalue weighted by Crippen LogP contribution is 2.49. The van der Waals surface area contributed by atoms with Crippen LogP contribution in [0.4, 0.5) is 0 Å². The number of ether oxygens (including phenoxy) is 1. The van der Waals surface area contributed by atoms with Gasteiger partial charge in [0.1, 0.15) is 27.4 Å². The summed E-state index contributed by atoms with van der Waals surface area (Å²) in [6.45, 7) is 1.74. The molecule has 3 atom stereocenters. The topological polar surface area (TPSA) is 123 Å². The van der Waals surface area contributed by atoms with E-state index in [1.54, 1.807) is 24.3 Å². The Labute approximate surface area is 235 Å². The van der Waals surface area contributed by atoms with Crippen LogP contribution in [0, 0.1) is 11.8 Å². The van der Waals surface area contributed by atoms with Gasteiger partial charge < -0.3 is 14.5 Å². The van der Waals surface area contributed by atoms with Crippen LogP contribution in [0.25, 0.3) is 17.4 Å². The molecule has 2 bridgehead atoms. The number of benzene rings is 1. The average Bonchev–Trinajstić information content (AvgIpc) is 3.70. The number of furan rings is 1. The molecule has 204 valence electrons. The van der Waals surface area contributed by atoms with Crippen molar-refractivity contribution in [3.05, 3.63) is 46.6 Å². The number of nitrogens with zero attached hydrogens (tertiary/aromatic N) is 1. The summed E-state index contributed by atoms with van der Waals surface area (Å²) in [6.07, 6.45) is 6.98. The third-order valence-electron chi connectivity index (χ3n) is 7.25. The molecule has 3 unspecified atom stereocenters. The van der Waals surface area contributed by atoms with Gasteiger partial charge in [-0.3, -0.25) is 19.3 Å². The molecule has 1 aromatic carbocycles. The molecule has 9 nitrogen and oxygen atoms in total. The minimum atomic E-state index is -0.328. The Morgan fingerprint density at radius 3 is 2.64 bits per heavy atom. The van der Waals surface area contributed by atoms with Crippen LogP contribution in [0.5, 0.6) is 5.75 Å². The van der Waals surface area contributed by atoms with Crippen LogP contribution in [0.15, 0.2) is 39.7 Å². The van der Waals surface area contributed by atoms with Gasteiger partial charge in [-0.05, 0) is 68.4 Å². The number of fused-ring (bicyclic) bond motifs is 2. The van der Waals surface area contributed by atoms with Gasteiger partial charge in [0.05, 0.1) is 17.6 Å². The summed E-state index contributed by atoms with van der Waals surface area (Å²) in [5.74, 6) is 2.47. The van der Waals surface area contributed by atoms with E-state index >= 15 is 0 Å². The number of hydrogen-bond acceptors (Lipinski definition) is 9. The maximum absolute atomic E-state index is 13.2. The summed E-state index contributed by atoms with van der Waals surface area (Å²) in [5, 5.41) is 2.75. The maximum Gasteiger partial charge on any atom is 0.373 e. The molecule has 1 N–H and O–H groups in total. The minimum Gasteiger partial charge on any atom is -0.496 e. The first-order chi connectivity index (χ1) is 18.7. The van der Waals surface area contributed by atoms with Crippen LogP contribution in [0.3, 0.4) is 0 Å². The summed E-state index contributed by atoms with van der Waals surface area (Å²) in [4.78, 5) is 55.7. The van der Waals surface area contributed by atoms with Crippen LogP contribution in [0.1, 0.15) is 55.1 Å². The van der Waals surface area contributed by atoms with E-state index in [1.165, 1.54) is 45.1 Å². The zero-order valence-electron chi connectivity index (χ0n) is 21.6. The molecular weight excluding hydrogens is 540 g/mol. The van der Waals surface area contributed by atoms with Gasteiger partial charge in [-0.25, -0.2) is 0 Å². The van der Waals surface area contributed by atoms with Crippen LogP contribution in [-0.4, -0.2) is 52.7 Å². The lowest BCUT2D eigenvalue weighted by Gasteiger charge is -2.30. The molecule has 39 heavy (non-hydrogen) atoms. The largest absolute Gasteiger partial charge is 0.496 e. The van der Waals surface area contributed by atoms with Crippen LogP contribution >= 0.6 is 24.0 Å². The number of ketones is 1. The maximum atomic E-state index is 13.2. The summed E-state index contributed by atoms with van der Waals surface area (Å²) >= 11 is 6.91. The summed E-state index contributed by atoms with van der Waals surface area (Å²) < 4.78 is 12.0. The normalized spacial score (nSPS) is 22.5. The quantitative estimate of drug-likeness (QED) is 0.363. The first-order valence-electron chi connectivity index (χ1n) is 12.6. The van der Waals surface area contributed by atoms with Crippen molar-refractivity contribution in [2.24, 2.45) is 11.8 Å². The zero-order valence-corrected chi connectivity index (χ0v) is 23.2. The van der Waals surface area contributed by atoms with E-state index in [2.05, 4.69) is 5.32 Å². The SMILES string of the molecule is COc1ccc(-c2ccc(/C=C3\SC(=S)N(C4CC5CCC4C5)C3=O)o2)cc1C(=O)NCCC(C)=O.O=C=O. The molecule has 1 aliphatic heterocycles. The molecule has 11 heteroatoms. The summed E-state index contributed by atoms with van der Waals surface area (Å²) in [7, 11) is 1.50. The fourth-order valence-electron chi connectivity index (χ4n) is 5.49. The molecule has 0 radical (unpaired) electrons. The van der Waals surface area contributed by atoms with Crippen molar-refractivity contribution in [2.75, 3.05) is 13.7 Å². The van der Waals surface area contributed by atoms with Crippen LogP contribution < -0.4 is 10.1 Å². The lowest BCUT2D eigenvalue weighted by atomic mass is 9.94. The Morgan fingerprint density at radius 1 is 1.23 bits per heavy atom. The Hall–Kier alpha value is -3.53. The van der Waals surface area contributed by atoms with E-state index in [4.69, 9.17) is 31.0 Å². The molecule has 2 heterocycles. The molecule has 5 rings (SSSR count). The smallest absolute Gasteiger partial charge is 0.373 e. The number of thioether (sulfide) groups is 1. The molecule has 2 aromatic rings. The Kier molecular flexibility index (Phi) is 9.16. The van der Waals surface area contributed by atoms with Crippen LogP contribution in [0.2, 0.25) is 0 Å². The lowest BCUT2D eigenvalue weighted by molar-refractivity contribution is -0.191. The molecule has 2 saturated carbocycles.